The van der Waals surface area contributed by atoms with Crippen LogP contribution >= 0.6 is 11.6 Å². The van der Waals surface area contributed by atoms with Gasteiger partial charge in [-0.15, -0.1) is 0 Å². The highest BCUT2D eigenvalue weighted by Gasteiger charge is 2.40. The van der Waals surface area contributed by atoms with Crippen LogP contribution in [0, 0.1) is 17.8 Å². The number of fused-ring (bicyclic) bond motifs is 2. The van der Waals surface area contributed by atoms with Gasteiger partial charge in [0.15, 0.2) is 6.10 Å². The molecule has 124 valence electrons. The Morgan fingerprint density at radius 3 is 2.61 bits per heavy atom. The van der Waals surface area contributed by atoms with Gasteiger partial charge in [-0.2, -0.15) is 0 Å². The maximum atomic E-state index is 12.1. The largest absolute Gasteiger partial charge is 0.453 e. The van der Waals surface area contributed by atoms with Crippen molar-refractivity contribution in [3.63, 3.8) is 0 Å². The normalized spacial score (nSPS) is 26.8. The number of amides is 1. The molecule has 0 heterocycles. The molecular formula is C18H22ClNO3. The molecule has 2 aliphatic carbocycles. The summed E-state index contributed by atoms with van der Waals surface area (Å²) in [6.45, 7) is 1.60. The van der Waals surface area contributed by atoms with Crippen molar-refractivity contribution in [2.24, 2.45) is 17.8 Å². The Morgan fingerprint density at radius 2 is 2.00 bits per heavy atom. The predicted molar refractivity (Wildman–Crippen MR) is 89.2 cm³/mol. The van der Waals surface area contributed by atoms with E-state index in [1.165, 1.54) is 19.3 Å². The van der Waals surface area contributed by atoms with Crippen LogP contribution in [0.1, 0.15) is 39.0 Å². The highest BCUT2D eigenvalue weighted by atomic mass is 35.5. The van der Waals surface area contributed by atoms with Crippen molar-refractivity contribution in [2.75, 3.05) is 5.32 Å². The SMILES string of the molecule is CC(OC(=O)CC1CC2CCC1C2)C(=O)Nc1ccc(Cl)cc1. The Hall–Kier alpha value is -1.55. The number of nitrogens with one attached hydrogen (secondary N) is 1. The Bertz CT molecular complexity index is 586. The molecule has 1 amide bonds. The van der Waals surface area contributed by atoms with Crippen molar-refractivity contribution in [2.45, 2.75) is 45.1 Å². The first-order valence-electron chi connectivity index (χ1n) is 8.27. The van der Waals surface area contributed by atoms with Gasteiger partial charge in [-0.25, -0.2) is 0 Å². The van der Waals surface area contributed by atoms with Crippen LogP contribution in [0.15, 0.2) is 24.3 Å². The monoisotopic (exact) mass is 335 g/mol. The smallest absolute Gasteiger partial charge is 0.306 e. The number of benzene rings is 1. The number of rotatable bonds is 5. The zero-order valence-electron chi connectivity index (χ0n) is 13.3. The number of ether oxygens (including phenoxy) is 1. The second-order valence-corrected chi connectivity index (χ2v) is 7.20. The van der Waals surface area contributed by atoms with E-state index < -0.39 is 6.10 Å². The molecule has 2 bridgehead atoms. The van der Waals surface area contributed by atoms with Gasteiger partial charge in [-0.05, 0) is 68.2 Å². The van der Waals surface area contributed by atoms with Crippen molar-refractivity contribution in [1.29, 1.82) is 0 Å². The summed E-state index contributed by atoms with van der Waals surface area (Å²) in [5.74, 6) is 1.36. The van der Waals surface area contributed by atoms with Crippen LogP contribution < -0.4 is 5.32 Å². The molecule has 0 saturated heterocycles. The molecule has 0 aliphatic heterocycles. The number of anilines is 1. The summed E-state index contributed by atoms with van der Waals surface area (Å²) < 4.78 is 5.30. The Kier molecular flexibility index (Phi) is 4.90. The van der Waals surface area contributed by atoms with E-state index in [1.807, 2.05) is 0 Å². The summed E-state index contributed by atoms with van der Waals surface area (Å²) in [5.41, 5.74) is 0.635. The average Bonchev–Trinajstić information content (AvgIpc) is 3.12. The molecule has 5 heteroatoms. The first kappa shape index (κ1) is 16.3. The molecular weight excluding hydrogens is 314 g/mol. The summed E-state index contributed by atoms with van der Waals surface area (Å²) in [7, 11) is 0. The third kappa shape index (κ3) is 4.05. The fourth-order valence-electron chi connectivity index (χ4n) is 3.92. The maximum Gasteiger partial charge on any atom is 0.306 e. The molecule has 2 aliphatic rings. The van der Waals surface area contributed by atoms with Gasteiger partial charge in [0.1, 0.15) is 0 Å². The van der Waals surface area contributed by atoms with Crippen LogP contribution in [0.25, 0.3) is 0 Å². The van der Waals surface area contributed by atoms with E-state index in [1.54, 1.807) is 31.2 Å². The topological polar surface area (TPSA) is 55.4 Å². The lowest BCUT2D eigenvalue weighted by atomic mass is 9.86. The first-order chi connectivity index (χ1) is 11.0. The van der Waals surface area contributed by atoms with Gasteiger partial charge in [0.05, 0.1) is 0 Å². The molecule has 0 spiro atoms. The lowest BCUT2D eigenvalue weighted by Crippen LogP contribution is -2.31. The van der Waals surface area contributed by atoms with Crippen LogP contribution in [0.3, 0.4) is 0 Å². The summed E-state index contributed by atoms with van der Waals surface area (Å²) >= 11 is 5.81. The fourth-order valence-corrected chi connectivity index (χ4v) is 4.04. The number of carbonyl (C=O) groups excluding carboxylic acids is 2. The van der Waals surface area contributed by atoms with E-state index in [0.29, 0.717) is 29.0 Å². The maximum absolute atomic E-state index is 12.1. The minimum Gasteiger partial charge on any atom is -0.453 e. The third-order valence-electron chi connectivity index (χ3n) is 5.10. The minimum atomic E-state index is -0.795. The molecule has 4 atom stereocenters. The lowest BCUT2D eigenvalue weighted by Gasteiger charge is -2.21. The standard InChI is InChI=1S/C18H22ClNO3/c1-11(18(22)20-16-6-4-15(19)5-7-16)23-17(21)10-14-9-12-2-3-13(14)8-12/h4-7,11-14H,2-3,8-10H2,1H3,(H,20,22). The number of hydrogen-bond acceptors (Lipinski definition) is 3. The predicted octanol–water partition coefficient (Wildman–Crippen LogP) is 4.04. The van der Waals surface area contributed by atoms with E-state index in [2.05, 4.69) is 5.32 Å². The Labute approximate surface area is 141 Å². The van der Waals surface area contributed by atoms with Gasteiger partial charge in [-0.3, -0.25) is 9.59 Å². The molecule has 1 aromatic rings. The molecule has 3 rings (SSSR count). The van der Waals surface area contributed by atoms with Crippen molar-refractivity contribution in [1.82, 2.24) is 0 Å². The lowest BCUT2D eigenvalue weighted by molar-refractivity contribution is -0.154. The molecule has 0 radical (unpaired) electrons. The number of carbonyl (C=O) groups is 2. The van der Waals surface area contributed by atoms with E-state index in [4.69, 9.17) is 16.3 Å². The van der Waals surface area contributed by atoms with Gasteiger partial charge in [0.2, 0.25) is 0 Å². The van der Waals surface area contributed by atoms with Crippen molar-refractivity contribution < 1.29 is 14.3 Å². The molecule has 4 nitrogen and oxygen atoms in total. The summed E-state index contributed by atoms with van der Waals surface area (Å²) in [4.78, 5) is 24.1. The summed E-state index contributed by atoms with van der Waals surface area (Å²) in [6.07, 6.45) is 4.62. The van der Waals surface area contributed by atoms with E-state index >= 15 is 0 Å². The zero-order valence-corrected chi connectivity index (χ0v) is 14.0. The highest BCUT2D eigenvalue weighted by molar-refractivity contribution is 6.30. The molecule has 4 unspecified atom stereocenters. The van der Waals surface area contributed by atoms with Gasteiger partial charge >= 0.3 is 5.97 Å². The number of halogens is 1. The Morgan fingerprint density at radius 1 is 1.26 bits per heavy atom. The summed E-state index contributed by atoms with van der Waals surface area (Å²) in [6, 6.07) is 6.82. The fraction of sp³-hybridized carbons (Fsp3) is 0.556. The number of hydrogen-bond donors (Lipinski definition) is 1. The van der Waals surface area contributed by atoms with E-state index in [0.717, 1.165) is 12.3 Å². The van der Waals surface area contributed by atoms with Crippen molar-refractivity contribution in [3.8, 4) is 0 Å². The quantitative estimate of drug-likeness (QED) is 0.826. The van der Waals surface area contributed by atoms with Gasteiger partial charge in [-0.1, -0.05) is 18.0 Å². The van der Waals surface area contributed by atoms with E-state index in [-0.39, 0.29) is 11.9 Å². The molecule has 0 aromatic heterocycles. The minimum absolute atomic E-state index is 0.263. The van der Waals surface area contributed by atoms with Crippen LogP contribution in [0.4, 0.5) is 5.69 Å². The second kappa shape index (κ2) is 6.91. The first-order valence-corrected chi connectivity index (χ1v) is 8.65. The van der Waals surface area contributed by atoms with Crippen LogP contribution in [0.5, 0.6) is 0 Å². The van der Waals surface area contributed by atoms with Gasteiger partial charge < -0.3 is 10.1 Å². The Balaban J connectivity index is 1.46. The van der Waals surface area contributed by atoms with Gasteiger partial charge in [0, 0.05) is 17.1 Å². The van der Waals surface area contributed by atoms with Crippen molar-refractivity contribution in [3.05, 3.63) is 29.3 Å². The third-order valence-corrected chi connectivity index (χ3v) is 5.35. The zero-order chi connectivity index (χ0) is 16.4. The van der Waals surface area contributed by atoms with Crippen molar-refractivity contribution >= 4 is 29.2 Å². The van der Waals surface area contributed by atoms with Crippen LogP contribution in [-0.4, -0.2) is 18.0 Å². The number of esters is 1. The van der Waals surface area contributed by atoms with Crippen LogP contribution in [-0.2, 0) is 14.3 Å². The molecule has 23 heavy (non-hydrogen) atoms. The summed E-state index contributed by atoms with van der Waals surface area (Å²) in [5, 5.41) is 3.33. The van der Waals surface area contributed by atoms with E-state index in [9.17, 15) is 9.59 Å². The molecule has 1 N–H and O–H groups in total. The molecule has 1 aromatic carbocycles. The van der Waals surface area contributed by atoms with Crippen LogP contribution in [0.2, 0.25) is 5.02 Å². The average molecular weight is 336 g/mol. The van der Waals surface area contributed by atoms with Gasteiger partial charge in [0.25, 0.3) is 5.91 Å². The second-order valence-electron chi connectivity index (χ2n) is 6.77. The highest BCUT2D eigenvalue weighted by Crippen LogP contribution is 2.49. The molecule has 2 saturated carbocycles. The molecule has 2 fully saturated rings.